The van der Waals surface area contributed by atoms with Crippen LogP contribution in [0.4, 0.5) is 4.39 Å². The molecule has 1 rings (SSSR count). The van der Waals surface area contributed by atoms with Crippen molar-refractivity contribution in [1.82, 2.24) is 0 Å². The molecule has 0 aromatic rings. The minimum Gasteiger partial charge on any atom is -0.393 e. The van der Waals surface area contributed by atoms with E-state index in [2.05, 4.69) is 4.74 Å². The van der Waals surface area contributed by atoms with E-state index >= 15 is 0 Å². The summed E-state index contributed by atoms with van der Waals surface area (Å²) in [6.45, 7) is 0.350. The smallest absolute Gasteiger partial charge is 0.201 e. The Morgan fingerprint density at radius 2 is 2.38 bits per heavy atom. The van der Waals surface area contributed by atoms with E-state index in [0.29, 0.717) is 13.0 Å². The third-order valence-electron chi connectivity index (χ3n) is 1.21. The summed E-state index contributed by atoms with van der Waals surface area (Å²) in [4.78, 5) is 0. The van der Waals surface area contributed by atoms with E-state index in [0.717, 1.165) is 0 Å². The van der Waals surface area contributed by atoms with E-state index in [1.807, 2.05) is 0 Å². The van der Waals surface area contributed by atoms with Crippen LogP contribution in [0, 0.1) is 0 Å². The minimum atomic E-state index is -1.24. The highest BCUT2D eigenvalue weighted by atomic mass is 19.1. The maximum absolute atomic E-state index is 12.1. The highest BCUT2D eigenvalue weighted by Crippen LogP contribution is 2.13. The zero-order valence-corrected chi connectivity index (χ0v) is 4.51. The van der Waals surface area contributed by atoms with Gasteiger partial charge in [-0.25, -0.2) is 4.39 Å². The summed E-state index contributed by atoms with van der Waals surface area (Å²) in [7, 11) is 0. The largest absolute Gasteiger partial charge is 0.393 e. The molecule has 0 unspecified atom stereocenters. The summed E-state index contributed by atoms with van der Waals surface area (Å²) in [5.74, 6) is 0. The van der Waals surface area contributed by atoms with Crippen LogP contribution in [-0.2, 0) is 4.74 Å². The van der Waals surface area contributed by atoms with Crippen LogP contribution in [0.15, 0.2) is 0 Å². The number of aliphatic hydroxyl groups is 1. The van der Waals surface area contributed by atoms with E-state index in [1.54, 1.807) is 0 Å². The second-order valence-corrected chi connectivity index (χ2v) is 1.96. The molecule has 48 valence electrons. The molecule has 1 N–H and O–H groups in total. The molecule has 0 spiro atoms. The predicted octanol–water partition coefficient (Wildman–Crippen LogP) is 0.453. The van der Waals surface area contributed by atoms with Crippen LogP contribution >= 0.6 is 0 Å². The lowest BCUT2D eigenvalue weighted by atomic mass is 10.1. The van der Waals surface area contributed by atoms with Crippen LogP contribution in [0.1, 0.15) is 12.8 Å². The molecule has 8 heavy (non-hydrogen) atoms. The molecule has 2 nitrogen and oxygen atoms in total. The molecular weight excluding hydrogens is 111 g/mol. The monoisotopic (exact) mass is 120 g/mol. The SMILES string of the molecule is O[C@H]1CCO[C@@H](F)C1. The molecule has 1 heterocycles. The lowest BCUT2D eigenvalue weighted by Crippen LogP contribution is -2.25. The first kappa shape index (κ1) is 5.98. The van der Waals surface area contributed by atoms with Gasteiger partial charge in [-0.3, -0.25) is 0 Å². The van der Waals surface area contributed by atoms with E-state index < -0.39 is 12.5 Å². The highest BCUT2D eigenvalue weighted by molar-refractivity contribution is 4.62. The molecule has 0 aliphatic carbocycles. The second-order valence-electron chi connectivity index (χ2n) is 1.96. The van der Waals surface area contributed by atoms with Crippen LogP contribution in [0.25, 0.3) is 0 Å². The van der Waals surface area contributed by atoms with Crippen LogP contribution in [0.5, 0.6) is 0 Å². The number of rotatable bonds is 0. The van der Waals surface area contributed by atoms with Gasteiger partial charge in [0.2, 0.25) is 6.36 Å². The van der Waals surface area contributed by atoms with Gasteiger partial charge in [-0.15, -0.1) is 0 Å². The molecule has 0 radical (unpaired) electrons. The zero-order chi connectivity index (χ0) is 5.98. The fourth-order valence-electron chi connectivity index (χ4n) is 0.732. The first-order valence-corrected chi connectivity index (χ1v) is 2.73. The molecule has 1 aliphatic rings. The van der Waals surface area contributed by atoms with Crippen LogP contribution < -0.4 is 0 Å². The molecule has 1 aliphatic heterocycles. The number of hydrogen-bond acceptors (Lipinski definition) is 2. The van der Waals surface area contributed by atoms with Crippen LogP contribution in [0.3, 0.4) is 0 Å². The molecule has 0 saturated carbocycles. The van der Waals surface area contributed by atoms with Crippen molar-refractivity contribution in [1.29, 1.82) is 0 Å². The Morgan fingerprint density at radius 3 is 2.75 bits per heavy atom. The summed E-state index contributed by atoms with van der Waals surface area (Å²) >= 11 is 0. The van der Waals surface area contributed by atoms with Gasteiger partial charge >= 0.3 is 0 Å². The van der Waals surface area contributed by atoms with Gasteiger partial charge in [0.15, 0.2) is 0 Å². The number of alkyl halides is 1. The maximum Gasteiger partial charge on any atom is 0.201 e. The molecule has 0 aromatic carbocycles. The summed E-state index contributed by atoms with van der Waals surface area (Å²) in [6, 6.07) is 0. The van der Waals surface area contributed by atoms with Crippen molar-refractivity contribution in [2.75, 3.05) is 6.61 Å². The fourth-order valence-corrected chi connectivity index (χ4v) is 0.732. The molecule has 3 heteroatoms. The van der Waals surface area contributed by atoms with Gasteiger partial charge in [-0.2, -0.15) is 0 Å². The Hall–Kier alpha value is -0.150. The number of halogens is 1. The van der Waals surface area contributed by atoms with Gasteiger partial charge in [0.25, 0.3) is 0 Å². The first-order valence-electron chi connectivity index (χ1n) is 2.73. The molecule has 2 atom stereocenters. The van der Waals surface area contributed by atoms with Gasteiger partial charge in [-0.1, -0.05) is 0 Å². The molecule has 1 saturated heterocycles. The van der Waals surface area contributed by atoms with Gasteiger partial charge in [0, 0.05) is 6.42 Å². The quantitative estimate of drug-likeness (QED) is 0.503. The molecule has 0 aromatic heterocycles. The van der Waals surface area contributed by atoms with Crippen molar-refractivity contribution in [3.63, 3.8) is 0 Å². The number of aliphatic hydroxyl groups excluding tert-OH is 1. The van der Waals surface area contributed by atoms with Crippen molar-refractivity contribution < 1.29 is 14.2 Å². The Balaban J connectivity index is 2.23. The number of hydrogen-bond donors (Lipinski definition) is 1. The molecule has 0 bridgehead atoms. The Labute approximate surface area is 47.3 Å². The average Bonchev–Trinajstić information content (AvgIpc) is 1.64. The summed E-state index contributed by atoms with van der Waals surface area (Å²) in [6.07, 6.45) is -1.02. The van der Waals surface area contributed by atoms with Crippen molar-refractivity contribution in [3.8, 4) is 0 Å². The third-order valence-corrected chi connectivity index (χ3v) is 1.21. The van der Waals surface area contributed by atoms with Gasteiger partial charge in [0.05, 0.1) is 12.7 Å². The van der Waals surface area contributed by atoms with Crippen molar-refractivity contribution in [2.45, 2.75) is 25.3 Å². The van der Waals surface area contributed by atoms with Crippen molar-refractivity contribution in [3.05, 3.63) is 0 Å². The van der Waals surface area contributed by atoms with E-state index in [1.165, 1.54) is 0 Å². The Morgan fingerprint density at radius 1 is 1.62 bits per heavy atom. The molecule has 0 amide bonds. The lowest BCUT2D eigenvalue weighted by Gasteiger charge is -2.19. The summed E-state index contributed by atoms with van der Waals surface area (Å²) in [5, 5.41) is 8.76. The van der Waals surface area contributed by atoms with Crippen LogP contribution in [0.2, 0.25) is 0 Å². The van der Waals surface area contributed by atoms with Crippen molar-refractivity contribution in [2.24, 2.45) is 0 Å². The summed E-state index contributed by atoms with van der Waals surface area (Å²) in [5.41, 5.74) is 0. The number of ether oxygens (including phenoxy) is 1. The zero-order valence-electron chi connectivity index (χ0n) is 4.51. The van der Waals surface area contributed by atoms with Crippen LogP contribution in [-0.4, -0.2) is 24.2 Å². The van der Waals surface area contributed by atoms with E-state index in [-0.39, 0.29) is 6.42 Å². The van der Waals surface area contributed by atoms with Gasteiger partial charge < -0.3 is 9.84 Å². The van der Waals surface area contributed by atoms with Gasteiger partial charge in [0.1, 0.15) is 0 Å². The van der Waals surface area contributed by atoms with Crippen molar-refractivity contribution >= 4 is 0 Å². The highest BCUT2D eigenvalue weighted by Gasteiger charge is 2.18. The average molecular weight is 120 g/mol. The molecular formula is C5H9FO2. The lowest BCUT2D eigenvalue weighted by molar-refractivity contribution is -0.107. The normalized spacial score (nSPS) is 39.8. The third kappa shape index (κ3) is 1.42. The Bertz CT molecular complexity index is 68.8. The second kappa shape index (κ2) is 2.42. The summed E-state index contributed by atoms with van der Waals surface area (Å²) < 4.78 is 16.6. The fraction of sp³-hybridized carbons (Fsp3) is 1.00. The minimum absolute atomic E-state index is 0.139. The predicted molar refractivity (Wildman–Crippen MR) is 26.1 cm³/mol. The maximum atomic E-state index is 12.1. The Kier molecular flexibility index (Phi) is 1.81. The first-order chi connectivity index (χ1) is 3.79. The topological polar surface area (TPSA) is 29.5 Å². The van der Waals surface area contributed by atoms with E-state index in [9.17, 15) is 4.39 Å². The van der Waals surface area contributed by atoms with E-state index in [4.69, 9.17) is 5.11 Å². The molecule has 1 fully saturated rings. The van der Waals surface area contributed by atoms with Gasteiger partial charge in [-0.05, 0) is 6.42 Å². The standard InChI is InChI=1S/C5H9FO2/c6-5-3-4(7)1-2-8-5/h4-5,7H,1-3H2/t4-,5+/m0/s1.